The lowest BCUT2D eigenvalue weighted by Gasteiger charge is -2.08. The predicted molar refractivity (Wildman–Crippen MR) is 94.2 cm³/mol. The van der Waals surface area contributed by atoms with E-state index in [0.717, 1.165) is 5.56 Å². The zero-order valence-electron chi connectivity index (χ0n) is 15.2. The van der Waals surface area contributed by atoms with Gasteiger partial charge in [-0.3, -0.25) is 24.4 Å². The minimum atomic E-state index is -0.683. The fourth-order valence-corrected chi connectivity index (χ4v) is 2.56. The molecule has 0 saturated carbocycles. The van der Waals surface area contributed by atoms with Crippen molar-refractivity contribution in [1.29, 1.82) is 0 Å². The van der Waals surface area contributed by atoms with Crippen LogP contribution in [0.3, 0.4) is 0 Å². The second kappa shape index (κ2) is 7.90. The van der Waals surface area contributed by atoms with E-state index in [4.69, 9.17) is 4.74 Å². The molecule has 1 aromatic heterocycles. The standard InChI is InChI=1S/C18H21N3O5/c1-11(2)14-5-7-15(8-6-14)16(22)10-26-17(23)9-20-13(4)18(21(24)25)12(3)19-20/h5-8,11H,9-10H2,1-4H3. The smallest absolute Gasteiger partial charge is 0.328 e. The molecule has 0 atom stereocenters. The lowest BCUT2D eigenvalue weighted by atomic mass is 10.0. The Morgan fingerprint density at radius 1 is 1.23 bits per heavy atom. The number of ether oxygens (including phenoxy) is 1. The predicted octanol–water partition coefficient (Wildman–Crippen LogP) is 2.96. The van der Waals surface area contributed by atoms with Crippen LogP contribution < -0.4 is 0 Å². The summed E-state index contributed by atoms with van der Waals surface area (Å²) in [6, 6.07) is 7.15. The molecule has 0 fully saturated rings. The molecule has 0 bridgehead atoms. The first-order valence-electron chi connectivity index (χ1n) is 8.18. The second-order valence-corrected chi connectivity index (χ2v) is 6.29. The molecule has 1 heterocycles. The Kier molecular flexibility index (Phi) is 5.86. The van der Waals surface area contributed by atoms with E-state index >= 15 is 0 Å². The van der Waals surface area contributed by atoms with Crippen LogP contribution in [0.25, 0.3) is 0 Å². The van der Waals surface area contributed by atoms with Crippen LogP contribution in [0, 0.1) is 24.0 Å². The van der Waals surface area contributed by atoms with E-state index in [-0.39, 0.29) is 36.0 Å². The topological polar surface area (TPSA) is 104 Å². The molecule has 0 saturated heterocycles. The number of Topliss-reactive ketones (excluding diaryl/α,β-unsaturated/α-hetero) is 1. The third-order valence-electron chi connectivity index (χ3n) is 4.07. The van der Waals surface area contributed by atoms with Crippen molar-refractivity contribution in [3.05, 3.63) is 56.9 Å². The number of aromatic nitrogens is 2. The molecule has 0 aliphatic carbocycles. The Labute approximate surface area is 150 Å². The molecule has 2 rings (SSSR count). The largest absolute Gasteiger partial charge is 0.456 e. The number of hydrogen-bond acceptors (Lipinski definition) is 6. The summed E-state index contributed by atoms with van der Waals surface area (Å²) in [4.78, 5) is 34.5. The molecule has 0 spiro atoms. The van der Waals surface area contributed by atoms with Gasteiger partial charge in [-0.15, -0.1) is 0 Å². The molecule has 0 radical (unpaired) electrons. The summed E-state index contributed by atoms with van der Waals surface area (Å²) in [5.74, 6) is -0.632. The Morgan fingerprint density at radius 3 is 2.35 bits per heavy atom. The SMILES string of the molecule is Cc1nn(CC(=O)OCC(=O)c2ccc(C(C)C)cc2)c(C)c1[N+](=O)[O-]. The van der Waals surface area contributed by atoms with Gasteiger partial charge in [-0.25, -0.2) is 0 Å². The lowest BCUT2D eigenvalue weighted by Crippen LogP contribution is -2.19. The van der Waals surface area contributed by atoms with Gasteiger partial charge in [0.15, 0.2) is 12.4 Å². The molecule has 0 N–H and O–H groups in total. The van der Waals surface area contributed by atoms with Gasteiger partial charge in [-0.1, -0.05) is 38.1 Å². The van der Waals surface area contributed by atoms with Crippen LogP contribution in [0.15, 0.2) is 24.3 Å². The molecule has 138 valence electrons. The van der Waals surface area contributed by atoms with Crippen molar-refractivity contribution in [3.63, 3.8) is 0 Å². The van der Waals surface area contributed by atoms with E-state index in [1.807, 2.05) is 12.1 Å². The van der Waals surface area contributed by atoms with E-state index < -0.39 is 10.9 Å². The number of benzene rings is 1. The Hall–Kier alpha value is -3.03. The van der Waals surface area contributed by atoms with E-state index in [1.54, 1.807) is 12.1 Å². The highest BCUT2D eigenvalue weighted by Gasteiger charge is 2.23. The first kappa shape index (κ1) is 19.3. The first-order valence-corrected chi connectivity index (χ1v) is 8.18. The van der Waals surface area contributed by atoms with Gasteiger partial charge in [0.2, 0.25) is 0 Å². The van der Waals surface area contributed by atoms with Crippen LogP contribution in [0.5, 0.6) is 0 Å². The van der Waals surface area contributed by atoms with Crippen molar-refractivity contribution in [2.75, 3.05) is 6.61 Å². The van der Waals surface area contributed by atoms with Crippen LogP contribution in [0.1, 0.15) is 47.1 Å². The minimum Gasteiger partial charge on any atom is -0.456 e. The van der Waals surface area contributed by atoms with Crippen molar-refractivity contribution in [1.82, 2.24) is 9.78 Å². The number of esters is 1. The van der Waals surface area contributed by atoms with Gasteiger partial charge in [-0.2, -0.15) is 5.10 Å². The number of hydrogen-bond donors (Lipinski definition) is 0. The number of carbonyl (C=O) groups excluding carboxylic acids is 2. The van der Waals surface area contributed by atoms with Crippen LogP contribution in [0.4, 0.5) is 5.69 Å². The van der Waals surface area contributed by atoms with Crippen molar-refractivity contribution in [2.45, 2.75) is 40.2 Å². The molecule has 0 aliphatic rings. The Bertz CT molecular complexity index is 837. The summed E-state index contributed by atoms with van der Waals surface area (Å²) < 4.78 is 6.19. The summed E-state index contributed by atoms with van der Waals surface area (Å²) in [5, 5.41) is 14.9. The normalized spacial score (nSPS) is 10.8. The molecule has 8 heteroatoms. The number of rotatable bonds is 7. The monoisotopic (exact) mass is 359 g/mol. The fourth-order valence-electron chi connectivity index (χ4n) is 2.56. The number of aryl methyl sites for hydroxylation is 1. The van der Waals surface area contributed by atoms with Crippen LogP contribution in [-0.4, -0.2) is 33.1 Å². The lowest BCUT2D eigenvalue weighted by molar-refractivity contribution is -0.386. The molecule has 0 amide bonds. The maximum absolute atomic E-state index is 12.1. The molecular formula is C18H21N3O5. The average molecular weight is 359 g/mol. The van der Waals surface area contributed by atoms with Crippen LogP contribution >= 0.6 is 0 Å². The van der Waals surface area contributed by atoms with Crippen LogP contribution in [0.2, 0.25) is 0 Å². The first-order chi connectivity index (χ1) is 12.2. The third-order valence-corrected chi connectivity index (χ3v) is 4.07. The number of ketones is 1. The van der Waals surface area contributed by atoms with E-state index in [9.17, 15) is 19.7 Å². The summed E-state index contributed by atoms with van der Waals surface area (Å²) in [6.07, 6.45) is 0. The minimum absolute atomic E-state index is 0.126. The summed E-state index contributed by atoms with van der Waals surface area (Å²) >= 11 is 0. The zero-order chi connectivity index (χ0) is 19.4. The van der Waals surface area contributed by atoms with Gasteiger partial charge in [0.1, 0.15) is 17.9 Å². The van der Waals surface area contributed by atoms with E-state index in [2.05, 4.69) is 18.9 Å². The van der Waals surface area contributed by atoms with Gasteiger partial charge < -0.3 is 4.74 Å². The number of nitrogens with zero attached hydrogens (tertiary/aromatic N) is 3. The van der Waals surface area contributed by atoms with Crippen molar-refractivity contribution >= 4 is 17.4 Å². The van der Waals surface area contributed by atoms with Crippen molar-refractivity contribution in [3.8, 4) is 0 Å². The van der Waals surface area contributed by atoms with Crippen molar-refractivity contribution < 1.29 is 19.2 Å². The zero-order valence-corrected chi connectivity index (χ0v) is 15.2. The van der Waals surface area contributed by atoms with Gasteiger partial charge in [0.25, 0.3) is 0 Å². The highest BCUT2D eigenvalue weighted by molar-refractivity contribution is 5.97. The highest BCUT2D eigenvalue weighted by atomic mass is 16.6. The van der Waals surface area contributed by atoms with Gasteiger partial charge >= 0.3 is 11.7 Å². The maximum atomic E-state index is 12.1. The average Bonchev–Trinajstić information content (AvgIpc) is 2.86. The maximum Gasteiger partial charge on any atom is 0.328 e. The third kappa shape index (κ3) is 4.33. The van der Waals surface area contributed by atoms with E-state index in [0.29, 0.717) is 11.5 Å². The highest BCUT2D eigenvalue weighted by Crippen LogP contribution is 2.21. The Morgan fingerprint density at radius 2 is 1.85 bits per heavy atom. The van der Waals surface area contributed by atoms with Gasteiger partial charge in [0, 0.05) is 5.56 Å². The summed E-state index contributed by atoms with van der Waals surface area (Å²) in [5.41, 5.74) is 1.94. The van der Waals surface area contributed by atoms with Crippen LogP contribution in [-0.2, 0) is 16.1 Å². The van der Waals surface area contributed by atoms with E-state index in [1.165, 1.54) is 18.5 Å². The van der Waals surface area contributed by atoms with Crippen molar-refractivity contribution in [2.24, 2.45) is 0 Å². The molecule has 1 aromatic carbocycles. The molecule has 0 aliphatic heterocycles. The fraction of sp³-hybridized carbons (Fsp3) is 0.389. The molecular weight excluding hydrogens is 338 g/mol. The van der Waals surface area contributed by atoms with Gasteiger partial charge in [-0.05, 0) is 25.3 Å². The molecule has 26 heavy (non-hydrogen) atoms. The van der Waals surface area contributed by atoms with Gasteiger partial charge in [0.05, 0.1) is 4.92 Å². The second-order valence-electron chi connectivity index (χ2n) is 6.29. The Balaban J connectivity index is 1.95. The number of carbonyl (C=O) groups is 2. The molecule has 0 unspecified atom stereocenters. The quantitative estimate of drug-likeness (QED) is 0.326. The summed E-state index contributed by atoms with van der Waals surface area (Å²) in [7, 11) is 0. The molecule has 2 aromatic rings. The molecule has 8 nitrogen and oxygen atoms in total. The summed E-state index contributed by atoms with van der Waals surface area (Å²) in [6.45, 7) is 6.44. The number of nitro groups is 1.